The van der Waals surface area contributed by atoms with Gasteiger partial charge in [0.1, 0.15) is 0 Å². The molecule has 0 spiro atoms. The van der Waals surface area contributed by atoms with Crippen molar-refractivity contribution in [2.75, 3.05) is 0 Å². The van der Waals surface area contributed by atoms with Gasteiger partial charge >= 0.3 is 6.18 Å². The molecule has 0 N–H and O–H groups in total. The Morgan fingerprint density at radius 3 is 1.82 bits per heavy atom. The standard InChI is InChI=1S/C7H5F3S/c8-7(9,10)5-1-3-6(11)4-2-5/h1-4,11H/p-1. The second-order valence-electron chi connectivity index (χ2n) is 2.02. The molecule has 1 aromatic rings. The molecule has 0 aromatic heterocycles. The highest BCUT2D eigenvalue weighted by Gasteiger charge is 2.29. The van der Waals surface area contributed by atoms with Crippen LogP contribution in [-0.4, -0.2) is 0 Å². The molecule has 0 bridgehead atoms. The van der Waals surface area contributed by atoms with Gasteiger partial charge < -0.3 is 12.6 Å². The molecule has 60 valence electrons. The van der Waals surface area contributed by atoms with E-state index in [1.54, 1.807) is 0 Å². The molecule has 0 saturated heterocycles. The van der Waals surface area contributed by atoms with Gasteiger partial charge in [0, 0.05) is 0 Å². The molecule has 11 heavy (non-hydrogen) atoms. The average Bonchev–Trinajstić information content (AvgIpc) is 1.86. The van der Waals surface area contributed by atoms with Crippen LogP contribution in [0.4, 0.5) is 13.2 Å². The van der Waals surface area contributed by atoms with Crippen LogP contribution in [0.3, 0.4) is 0 Å². The second kappa shape index (κ2) is 2.70. The molecule has 0 atom stereocenters. The lowest BCUT2D eigenvalue weighted by molar-refractivity contribution is -0.137. The molecule has 0 saturated carbocycles. The van der Waals surface area contributed by atoms with E-state index in [4.69, 9.17) is 0 Å². The summed E-state index contributed by atoms with van der Waals surface area (Å²) < 4.78 is 35.7. The number of halogens is 3. The van der Waals surface area contributed by atoms with Gasteiger partial charge in [-0.2, -0.15) is 18.1 Å². The van der Waals surface area contributed by atoms with Crippen molar-refractivity contribution in [3.8, 4) is 0 Å². The Bertz CT molecular complexity index is 237. The fraction of sp³-hybridized carbons (Fsp3) is 0.143. The highest BCUT2D eigenvalue weighted by Crippen LogP contribution is 2.28. The second-order valence-corrected chi connectivity index (χ2v) is 2.49. The van der Waals surface area contributed by atoms with Gasteiger partial charge in [-0.1, -0.05) is 24.3 Å². The monoisotopic (exact) mass is 177 g/mol. The fourth-order valence-electron chi connectivity index (χ4n) is 0.644. The molecule has 0 nitrogen and oxygen atoms in total. The summed E-state index contributed by atoms with van der Waals surface area (Å²) in [6.45, 7) is 0. The van der Waals surface area contributed by atoms with Gasteiger partial charge in [0.25, 0.3) is 0 Å². The maximum atomic E-state index is 11.9. The van der Waals surface area contributed by atoms with Crippen molar-refractivity contribution < 1.29 is 13.2 Å². The number of alkyl halides is 3. The van der Waals surface area contributed by atoms with Gasteiger partial charge in [0.2, 0.25) is 0 Å². The summed E-state index contributed by atoms with van der Waals surface area (Å²) in [6.07, 6.45) is -4.26. The molecule has 0 heterocycles. The lowest BCUT2D eigenvalue weighted by atomic mass is 10.2. The Morgan fingerprint density at radius 1 is 1.00 bits per heavy atom. The zero-order valence-electron chi connectivity index (χ0n) is 5.35. The Kier molecular flexibility index (Phi) is 2.04. The van der Waals surface area contributed by atoms with Crippen molar-refractivity contribution in [2.45, 2.75) is 11.1 Å². The van der Waals surface area contributed by atoms with Crippen LogP contribution in [0.5, 0.6) is 0 Å². The lowest BCUT2D eigenvalue weighted by Gasteiger charge is -2.08. The summed E-state index contributed by atoms with van der Waals surface area (Å²) in [6, 6.07) is 4.47. The molecule has 0 unspecified atom stereocenters. The molecule has 4 heteroatoms. The summed E-state index contributed by atoms with van der Waals surface area (Å²) in [5.41, 5.74) is -0.661. The Balaban J connectivity index is 2.99. The molecule has 0 amide bonds. The van der Waals surface area contributed by atoms with Crippen molar-refractivity contribution in [2.24, 2.45) is 0 Å². The number of rotatable bonds is 0. The number of hydrogen-bond donors (Lipinski definition) is 0. The predicted octanol–water partition coefficient (Wildman–Crippen LogP) is 2.61. The summed E-state index contributed by atoms with van der Waals surface area (Å²) >= 11 is 4.63. The predicted molar refractivity (Wildman–Crippen MR) is 37.1 cm³/mol. The molecule has 0 aliphatic rings. The SMILES string of the molecule is FC(F)(F)c1ccc([S-])cc1. The summed E-state index contributed by atoms with van der Waals surface area (Å²) in [5, 5.41) is 0. The highest BCUT2D eigenvalue weighted by atomic mass is 32.1. The van der Waals surface area contributed by atoms with Gasteiger partial charge in [-0.15, -0.1) is 0 Å². The molecule has 1 rings (SSSR count). The summed E-state index contributed by atoms with van der Waals surface area (Å²) in [5.74, 6) is 0. The first kappa shape index (κ1) is 8.33. The third kappa shape index (κ3) is 2.08. The minimum absolute atomic E-state index is 0.415. The Labute approximate surface area is 67.4 Å². The van der Waals surface area contributed by atoms with E-state index >= 15 is 0 Å². The summed E-state index contributed by atoms with van der Waals surface area (Å²) in [7, 11) is 0. The van der Waals surface area contributed by atoms with Crippen molar-refractivity contribution >= 4 is 12.6 Å². The third-order valence-electron chi connectivity index (χ3n) is 1.18. The van der Waals surface area contributed by atoms with Crippen LogP contribution in [0.25, 0.3) is 0 Å². The van der Waals surface area contributed by atoms with Crippen molar-refractivity contribution in [3.05, 3.63) is 29.8 Å². The zero-order valence-corrected chi connectivity index (χ0v) is 6.17. The maximum absolute atomic E-state index is 11.9. The van der Waals surface area contributed by atoms with Crippen LogP contribution in [0.15, 0.2) is 29.2 Å². The van der Waals surface area contributed by atoms with Gasteiger partial charge in [-0.05, 0) is 0 Å². The molecule has 0 aliphatic carbocycles. The quantitative estimate of drug-likeness (QED) is 0.549. The van der Waals surface area contributed by atoms with E-state index in [0.29, 0.717) is 4.90 Å². The minimum Gasteiger partial charge on any atom is -0.780 e. The van der Waals surface area contributed by atoms with Gasteiger partial charge in [-0.3, -0.25) is 0 Å². The largest absolute Gasteiger partial charge is 0.780 e. The lowest BCUT2D eigenvalue weighted by Crippen LogP contribution is -2.03. The first-order valence-electron chi connectivity index (χ1n) is 2.84. The van der Waals surface area contributed by atoms with E-state index in [0.717, 1.165) is 12.1 Å². The van der Waals surface area contributed by atoms with Gasteiger partial charge in [-0.25, -0.2) is 0 Å². The minimum atomic E-state index is -4.26. The van der Waals surface area contributed by atoms with Crippen LogP contribution in [0.1, 0.15) is 5.56 Å². The number of hydrogen-bond acceptors (Lipinski definition) is 1. The van der Waals surface area contributed by atoms with E-state index in [1.165, 1.54) is 12.1 Å². The van der Waals surface area contributed by atoms with Crippen LogP contribution in [0.2, 0.25) is 0 Å². The van der Waals surface area contributed by atoms with E-state index in [2.05, 4.69) is 12.6 Å². The molecular weight excluding hydrogens is 173 g/mol. The van der Waals surface area contributed by atoms with Gasteiger partial charge in [0.15, 0.2) is 0 Å². The Morgan fingerprint density at radius 2 is 1.45 bits per heavy atom. The third-order valence-corrected chi connectivity index (χ3v) is 1.45. The topological polar surface area (TPSA) is 0 Å². The highest BCUT2D eigenvalue weighted by molar-refractivity contribution is 7.58. The molecule has 0 radical (unpaired) electrons. The van der Waals surface area contributed by atoms with Crippen LogP contribution in [0, 0.1) is 0 Å². The average molecular weight is 177 g/mol. The van der Waals surface area contributed by atoms with Crippen molar-refractivity contribution in [1.82, 2.24) is 0 Å². The molecule has 0 fully saturated rings. The summed E-state index contributed by atoms with van der Waals surface area (Å²) in [4.78, 5) is 0.415. The van der Waals surface area contributed by atoms with E-state index in [9.17, 15) is 13.2 Å². The van der Waals surface area contributed by atoms with Crippen LogP contribution >= 0.6 is 0 Å². The van der Waals surface area contributed by atoms with E-state index in [-0.39, 0.29) is 0 Å². The number of benzene rings is 1. The van der Waals surface area contributed by atoms with Gasteiger partial charge in [0.05, 0.1) is 5.56 Å². The smallest absolute Gasteiger partial charge is 0.416 e. The zero-order chi connectivity index (χ0) is 8.48. The maximum Gasteiger partial charge on any atom is 0.416 e. The van der Waals surface area contributed by atoms with E-state index in [1.807, 2.05) is 0 Å². The molecule has 0 aliphatic heterocycles. The molecular formula is C7H4F3S-. The Hall–Kier alpha value is -0.770. The first-order valence-corrected chi connectivity index (χ1v) is 3.25. The molecule has 1 aromatic carbocycles. The normalized spacial score (nSPS) is 11.5. The van der Waals surface area contributed by atoms with Crippen LogP contribution < -0.4 is 0 Å². The van der Waals surface area contributed by atoms with Crippen molar-refractivity contribution in [1.29, 1.82) is 0 Å². The van der Waals surface area contributed by atoms with E-state index < -0.39 is 11.7 Å². The van der Waals surface area contributed by atoms with Crippen LogP contribution in [-0.2, 0) is 18.8 Å². The van der Waals surface area contributed by atoms with Crippen molar-refractivity contribution in [3.63, 3.8) is 0 Å². The fourth-order valence-corrected chi connectivity index (χ4v) is 0.780. The first-order chi connectivity index (χ1) is 5.00.